The molecule has 2 aromatic rings. The van der Waals surface area contributed by atoms with Gasteiger partial charge in [0.05, 0.1) is 5.02 Å². The van der Waals surface area contributed by atoms with Crippen LogP contribution in [0.1, 0.15) is 6.92 Å². The Hall–Kier alpha value is -1.81. The predicted molar refractivity (Wildman–Crippen MR) is 67.7 cm³/mol. The number of halogens is 1. The molecule has 0 amide bonds. The topological polar surface area (TPSA) is 47.0 Å². The van der Waals surface area contributed by atoms with Gasteiger partial charge < -0.3 is 10.1 Å². The van der Waals surface area contributed by atoms with Crippen molar-refractivity contribution in [2.24, 2.45) is 0 Å². The summed E-state index contributed by atoms with van der Waals surface area (Å²) in [5.41, 5.74) is 0. The van der Waals surface area contributed by atoms with E-state index in [-0.39, 0.29) is 0 Å². The maximum Gasteiger partial charge on any atom is 0.225 e. The molecule has 1 heterocycles. The van der Waals surface area contributed by atoms with Gasteiger partial charge in [0.15, 0.2) is 0 Å². The smallest absolute Gasteiger partial charge is 0.225 e. The number of nitrogens with one attached hydrogen (secondary N) is 1. The van der Waals surface area contributed by atoms with Gasteiger partial charge in [-0.2, -0.15) is 4.98 Å². The van der Waals surface area contributed by atoms with Crippen LogP contribution in [0.15, 0.2) is 36.5 Å². The molecule has 0 aliphatic carbocycles. The van der Waals surface area contributed by atoms with Crippen LogP contribution in [-0.4, -0.2) is 16.5 Å². The Kier molecular flexibility index (Phi) is 3.77. The standard InChI is InChI=1S/C12H12ClN3O/c1-2-14-12-15-8-7-11(16-12)17-10-6-4-3-5-9(10)13/h3-8H,2H2,1H3,(H,14,15,16). The fourth-order valence-corrected chi connectivity index (χ4v) is 1.46. The van der Waals surface area contributed by atoms with E-state index in [0.717, 1.165) is 6.54 Å². The van der Waals surface area contributed by atoms with Crippen LogP contribution in [0.3, 0.4) is 0 Å². The lowest BCUT2D eigenvalue weighted by atomic mass is 10.3. The molecular weight excluding hydrogens is 238 g/mol. The third-order valence-corrected chi connectivity index (χ3v) is 2.33. The molecule has 0 aliphatic heterocycles. The second kappa shape index (κ2) is 5.50. The molecule has 0 radical (unpaired) electrons. The first-order valence-corrected chi connectivity index (χ1v) is 5.66. The molecule has 1 aromatic heterocycles. The van der Waals surface area contributed by atoms with Gasteiger partial charge in [-0.1, -0.05) is 23.7 Å². The molecule has 5 heteroatoms. The minimum atomic E-state index is 0.462. The van der Waals surface area contributed by atoms with E-state index < -0.39 is 0 Å². The van der Waals surface area contributed by atoms with Gasteiger partial charge in [-0.25, -0.2) is 4.98 Å². The molecule has 0 spiro atoms. The van der Waals surface area contributed by atoms with Crippen molar-refractivity contribution in [3.8, 4) is 11.6 Å². The summed E-state index contributed by atoms with van der Waals surface area (Å²) in [7, 11) is 0. The van der Waals surface area contributed by atoms with Crippen molar-refractivity contribution in [2.45, 2.75) is 6.92 Å². The predicted octanol–water partition coefficient (Wildman–Crippen LogP) is 3.35. The van der Waals surface area contributed by atoms with Crippen LogP contribution < -0.4 is 10.1 Å². The Bertz CT molecular complexity index is 505. The fourth-order valence-electron chi connectivity index (χ4n) is 1.28. The Balaban J connectivity index is 2.18. The summed E-state index contributed by atoms with van der Waals surface area (Å²) in [6.45, 7) is 2.74. The van der Waals surface area contributed by atoms with Crippen molar-refractivity contribution < 1.29 is 4.74 Å². The van der Waals surface area contributed by atoms with E-state index >= 15 is 0 Å². The Labute approximate surface area is 105 Å². The molecule has 0 saturated heterocycles. The lowest BCUT2D eigenvalue weighted by molar-refractivity contribution is 0.462. The van der Waals surface area contributed by atoms with Crippen LogP contribution in [0.5, 0.6) is 11.6 Å². The zero-order chi connectivity index (χ0) is 12.1. The number of benzene rings is 1. The van der Waals surface area contributed by atoms with E-state index in [1.54, 1.807) is 24.4 Å². The first kappa shape index (κ1) is 11.7. The van der Waals surface area contributed by atoms with Crippen LogP contribution in [0.25, 0.3) is 0 Å². The highest BCUT2D eigenvalue weighted by Crippen LogP contribution is 2.27. The number of anilines is 1. The molecule has 0 bridgehead atoms. The molecule has 0 atom stereocenters. The third-order valence-electron chi connectivity index (χ3n) is 2.02. The minimum Gasteiger partial charge on any atom is -0.437 e. The number of nitrogens with zero attached hydrogens (tertiary/aromatic N) is 2. The van der Waals surface area contributed by atoms with E-state index in [0.29, 0.717) is 22.6 Å². The minimum absolute atomic E-state index is 0.462. The van der Waals surface area contributed by atoms with Crippen molar-refractivity contribution in [3.05, 3.63) is 41.6 Å². The van der Waals surface area contributed by atoms with E-state index in [2.05, 4.69) is 15.3 Å². The van der Waals surface area contributed by atoms with Crippen molar-refractivity contribution in [3.63, 3.8) is 0 Å². The zero-order valence-electron chi connectivity index (χ0n) is 9.35. The molecule has 17 heavy (non-hydrogen) atoms. The largest absolute Gasteiger partial charge is 0.437 e. The molecule has 0 fully saturated rings. The fraction of sp³-hybridized carbons (Fsp3) is 0.167. The second-order valence-electron chi connectivity index (χ2n) is 3.28. The van der Waals surface area contributed by atoms with Gasteiger partial charge in [-0.3, -0.25) is 0 Å². The Morgan fingerprint density at radius 3 is 2.88 bits per heavy atom. The maximum atomic E-state index is 5.99. The van der Waals surface area contributed by atoms with Gasteiger partial charge in [-0.15, -0.1) is 0 Å². The molecule has 88 valence electrons. The van der Waals surface area contributed by atoms with Crippen molar-refractivity contribution in [2.75, 3.05) is 11.9 Å². The van der Waals surface area contributed by atoms with Crippen LogP contribution in [-0.2, 0) is 0 Å². The number of hydrogen-bond acceptors (Lipinski definition) is 4. The first-order chi connectivity index (χ1) is 8.29. The molecule has 4 nitrogen and oxygen atoms in total. The number of rotatable bonds is 4. The quantitative estimate of drug-likeness (QED) is 0.903. The molecular formula is C12H12ClN3O. The van der Waals surface area contributed by atoms with E-state index in [1.165, 1.54) is 0 Å². The average Bonchev–Trinajstić information content (AvgIpc) is 2.33. The average molecular weight is 250 g/mol. The Morgan fingerprint density at radius 1 is 1.29 bits per heavy atom. The van der Waals surface area contributed by atoms with E-state index in [1.807, 2.05) is 19.1 Å². The summed E-state index contributed by atoms with van der Waals surface area (Å²) in [6, 6.07) is 8.94. The van der Waals surface area contributed by atoms with Gasteiger partial charge in [0.2, 0.25) is 11.8 Å². The lowest BCUT2D eigenvalue weighted by Gasteiger charge is -2.07. The monoisotopic (exact) mass is 249 g/mol. The van der Waals surface area contributed by atoms with Gasteiger partial charge in [0.1, 0.15) is 5.75 Å². The van der Waals surface area contributed by atoms with Gasteiger partial charge in [0, 0.05) is 18.8 Å². The highest BCUT2D eigenvalue weighted by Gasteiger charge is 2.04. The van der Waals surface area contributed by atoms with Crippen molar-refractivity contribution >= 4 is 17.5 Å². The molecule has 2 rings (SSSR count). The van der Waals surface area contributed by atoms with Crippen LogP contribution in [0.2, 0.25) is 5.02 Å². The van der Waals surface area contributed by atoms with Crippen LogP contribution in [0, 0.1) is 0 Å². The maximum absolute atomic E-state index is 5.99. The number of hydrogen-bond donors (Lipinski definition) is 1. The molecule has 0 saturated carbocycles. The summed E-state index contributed by atoms with van der Waals surface area (Å²) >= 11 is 5.99. The van der Waals surface area contributed by atoms with E-state index in [4.69, 9.17) is 16.3 Å². The van der Waals surface area contributed by atoms with Gasteiger partial charge in [-0.05, 0) is 19.1 Å². The third kappa shape index (κ3) is 3.07. The van der Waals surface area contributed by atoms with E-state index in [9.17, 15) is 0 Å². The second-order valence-corrected chi connectivity index (χ2v) is 3.69. The van der Waals surface area contributed by atoms with Gasteiger partial charge >= 0.3 is 0 Å². The van der Waals surface area contributed by atoms with Gasteiger partial charge in [0.25, 0.3) is 0 Å². The number of ether oxygens (including phenoxy) is 1. The molecule has 1 aromatic carbocycles. The molecule has 0 aliphatic rings. The summed E-state index contributed by atoms with van der Waals surface area (Å²) in [5, 5.41) is 3.57. The SMILES string of the molecule is CCNc1nccc(Oc2ccccc2Cl)n1. The molecule has 0 unspecified atom stereocenters. The first-order valence-electron chi connectivity index (χ1n) is 5.29. The lowest BCUT2D eigenvalue weighted by Crippen LogP contribution is -2.02. The highest BCUT2D eigenvalue weighted by atomic mass is 35.5. The summed E-state index contributed by atoms with van der Waals surface area (Å²) in [5.74, 6) is 1.58. The normalized spacial score (nSPS) is 10.0. The van der Waals surface area contributed by atoms with Crippen molar-refractivity contribution in [1.29, 1.82) is 0 Å². The van der Waals surface area contributed by atoms with Crippen LogP contribution >= 0.6 is 11.6 Å². The Morgan fingerprint density at radius 2 is 2.12 bits per heavy atom. The summed E-state index contributed by atoms with van der Waals surface area (Å²) in [6.07, 6.45) is 1.64. The van der Waals surface area contributed by atoms with Crippen LogP contribution in [0.4, 0.5) is 5.95 Å². The van der Waals surface area contributed by atoms with Crippen molar-refractivity contribution in [1.82, 2.24) is 9.97 Å². The highest BCUT2D eigenvalue weighted by molar-refractivity contribution is 6.32. The number of para-hydroxylation sites is 1. The number of aromatic nitrogens is 2. The zero-order valence-corrected chi connectivity index (χ0v) is 10.1. The summed E-state index contributed by atoms with van der Waals surface area (Å²) < 4.78 is 5.57. The summed E-state index contributed by atoms with van der Waals surface area (Å²) in [4.78, 5) is 8.25. The molecule has 1 N–H and O–H groups in total.